The molecule has 26 heavy (non-hydrogen) atoms. The topological polar surface area (TPSA) is 56.9 Å². The third kappa shape index (κ3) is 4.11. The van der Waals surface area contributed by atoms with Crippen molar-refractivity contribution in [2.24, 2.45) is 0 Å². The van der Waals surface area contributed by atoms with Gasteiger partial charge in [-0.1, -0.05) is 29.8 Å². The number of benzene rings is 2. The molecule has 2 amide bonds. The fourth-order valence-electron chi connectivity index (χ4n) is 2.61. The number of alkyl halides is 3. The van der Waals surface area contributed by atoms with E-state index in [0.29, 0.717) is 13.0 Å². The SMILES string of the molecule is O=C(NCCc1c[nH]c2ccccc12)Nc1cc(C(F)(F)F)ccc1Cl. The highest BCUT2D eigenvalue weighted by Crippen LogP contribution is 2.33. The fraction of sp³-hybridized carbons (Fsp3) is 0.167. The minimum Gasteiger partial charge on any atom is -0.361 e. The van der Waals surface area contributed by atoms with Gasteiger partial charge in [-0.2, -0.15) is 13.2 Å². The molecule has 2 aromatic carbocycles. The maximum Gasteiger partial charge on any atom is 0.416 e. The molecule has 0 saturated carbocycles. The molecule has 0 radical (unpaired) electrons. The lowest BCUT2D eigenvalue weighted by molar-refractivity contribution is -0.137. The zero-order chi connectivity index (χ0) is 18.7. The van der Waals surface area contributed by atoms with Crippen LogP contribution in [0.2, 0.25) is 5.02 Å². The van der Waals surface area contributed by atoms with E-state index in [2.05, 4.69) is 15.6 Å². The van der Waals surface area contributed by atoms with Gasteiger partial charge in [-0.15, -0.1) is 0 Å². The average molecular weight is 382 g/mol. The largest absolute Gasteiger partial charge is 0.416 e. The summed E-state index contributed by atoms with van der Waals surface area (Å²) in [7, 11) is 0. The van der Waals surface area contributed by atoms with Gasteiger partial charge in [-0.25, -0.2) is 4.79 Å². The second kappa shape index (κ2) is 7.29. The Labute approximate surface area is 152 Å². The Balaban J connectivity index is 1.59. The average Bonchev–Trinajstić information content (AvgIpc) is 2.99. The van der Waals surface area contributed by atoms with Gasteiger partial charge in [0.15, 0.2) is 0 Å². The Bertz CT molecular complexity index is 937. The van der Waals surface area contributed by atoms with Gasteiger partial charge in [0.05, 0.1) is 16.3 Å². The third-order valence-corrected chi connectivity index (χ3v) is 4.23. The Morgan fingerprint density at radius 3 is 2.69 bits per heavy atom. The smallest absolute Gasteiger partial charge is 0.361 e. The fourth-order valence-corrected chi connectivity index (χ4v) is 2.78. The van der Waals surface area contributed by atoms with Crippen LogP contribution in [0.15, 0.2) is 48.7 Å². The number of halogens is 4. The van der Waals surface area contributed by atoms with E-state index in [4.69, 9.17) is 11.6 Å². The van der Waals surface area contributed by atoms with Gasteiger partial charge < -0.3 is 15.6 Å². The molecule has 3 rings (SSSR count). The Morgan fingerprint density at radius 1 is 1.15 bits per heavy atom. The van der Waals surface area contributed by atoms with Gasteiger partial charge in [0, 0.05) is 23.6 Å². The summed E-state index contributed by atoms with van der Waals surface area (Å²) in [6, 6.07) is 9.93. The van der Waals surface area contributed by atoms with Gasteiger partial charge in [0.2, 0.25) is 0 Å². The summed E-state index contributed by atoms with van der Waals surface area (Å²) in [5.74, 6) is 0. The first-order chi connectivity index (χ1) is 12.3. The van der Waals surface area contributed by atoms with Crippen molar-refractivity contribution in [3.05, 3.63) is 64.8 Å². The van der Waals surface area contributed by atoms with Crippen LogP contribution in [-0.2, 0) is 12.6 Å². The number of hydrogen-bond acceptors (Lipinski definition) is 1. The van der Waals surface area contributed by atoms with Crippen LogP contribution in [0.5, 0.6) is 0 Å². The number of nitrogens with one attached hydrogen (secondary N) is 3. The molecule has 1 aromatic heterocycles. The van der Waals surface area contributed by atoms with Crippen molar-refractivity contribution in [3.63, 3.8) is 0 Å². The van der Waals surface area contributed by atoms with Crippen LogP contribution in [0, 0.1) is 0 Å². The monoisotopic (exact) mass is 381 g/mol. The molecule has 0 bridgehead atoms. The highest BCUT2D eigenvalue weighted by atomic mass is 35.5. The van der Waals surface area contributed by atoms with Crippen molar-refractivity contribution in [1.29, 1.82) is 0 Å². The van der Waals surface area contributed by atoms with E-state index in [1.165, 1.54) is 0 Å². The molecule has 4 nitrogen and oxygen atoms in total. The standard InChI is InChI=1S/C18H15ClF3N3O/c19-14-6-5-12(18(20,21)22)9-16(14)25-17(26)23-8-7-11-10-24-15-4-2-1-3-13(11)15/h1-6,9-10,24H,7-8H2,(H2,23,25,26). The number of rotatable bonds is 4. The van der Waals surface area contributed by atoms with Gasteiger partial charge >= 0.3 is 12.2 Å². The molecular formula is C18H15ClF3N3O. The molecular weight excluding hydrogens is 367 g/mol. The second-order valence-electron chi connectivity index (χ2n) is 5.68. The lowest BCUT2D eigenvalue weighted by Gasteiger charge is -2.12. The first-order valence-electron chi connectivity index (χ1n) is 7.81. The molecule has 0 unspecified atom stereocenters. The van der Waals surface area contributed by atoms with Crippen molar-refractivity contribution in [1.82, 2.24) is 10.3 Å². The van der Waals surface area contributed by atoms with E-state index in [-0.39, 0.29) is 10.7 Å². The highest BCUT2D eigenvalue weighted by Gasteiger charge is 2.31. The zero-order valence-corrected chi connectivity index (χ0v) is 14.2. The maximum absolute atomic E-state index is 12.8. The quantitative estimate of drug-likeness (QED) is 0.571. The summed E-state index contributed by atoms with van der Waals surface area (Å²) in [5.41, 5.74) is 1.07. The van der Waals surface area contributed by atoms with E-state index < -0.39 is 17.8 Å². The zero-order valence-electron chi connectivity index (χ0n) is 13.5. The van der Waals surface area contributed by atoms with Crippen molar-refractivity contribution in [3.8, 4) is 0 Å². The molecule has 0 spiro atoms. The number of H-pyrrole nitrogens is 1. The molecule has 0 aliphatic rings. The minimum absolute atomic E-state index is 0.0322. The molecule has 3 N–H and O–H groups in total. The first kappa shape index (κ1) is 18.1. The summed E-state index contributed by atoms with van der Waals surface area (Å²) in [6.07, 6.45) is -2.06. The number of amides is 2. The molecule has 0 atom stereocenters. The number of anilines is 1. The maximum atomic E-state index is 12.8. The minimum atomic E-state index is -4.51. The van der Waals surface area contributed by atoms with E-state index in [9.17, 15) is 18.0 Å². The van der Waals surface area contributed by atoms with Gasteiger partial charge in [0.25, 0.3) is 0 Å². The number of hydrogen-bond donors (Lipinski definition) is 3. The van der Waals surface area contributed by atoms with Gasteiger partial charge in [-0.05, 0) is 36.2 Å². The Kier molecular flexibility index (Phi) is 5.08. The van der Waals surface area contributed by atoms with Gasteiger partial charge in [0.1, 0.15) is 0 Å². The summed E-state index contributed by atoms with van der Waals surface area (Å²) in [4.78, 5) is 15.1. The number of fused-ring (bicyclic) bond motifs is 1. The summed E-state index contributed by atoms with van der Waals surface area (Å²) in [6.45, 7) is 0.324. The Morgan fingerprint density at radius 2 is 1.92 bits per heavy atom. The summed E-state index contributed by atoms with van der Waals surface area (Å²) in [5, 5.41) is 6.06. The number of carbonyl (C=O) groups excluding carboxylic acids is 1. The molecule has 3 aromatic rings. The van der Waals surface area contributed by atoms with Crippen molar-refractivity contribution in [2.45, 2.75) is 12.6 Å². The van der Waals surface area contributed by atoms with Crippen LogP contribution in [0.1, 0.15) is 11.1 Å². The number of aromatic amines is 1. The number of urea groups is 1. The van der Waals surface area contributed by atoms with Crippen molar-refractivity contribution < 1.29 is 18.0 Å². The molecule has 0 aliphatic heterocycles. The van der Waals surface area contributed by atoms with Crippen LogP contribution in [0.4, 0.5) is 23.7 Å². The summed E-state index contributed by atoms with van der Waals surface area (Å²) >= 11 is 5.86. The molecule has 136 valence electrons. The van der Waals surface area contributed by atoms with E-state index >= 15 is 0 Å². The summed E-state index contributed by atoms with van der Waals surface area (Å²) < 4.78 is 38.3. The van der Waals surface area contributed by atoms with Crippen LogP contribution >= 0.6 is 11.6 Å². The van der Waals surface area contributed by atoms with Crippen LogP contribution in [-0.4, -0.2) is 17.6 Å². The lowest BCUT2D eigenvalue weighted by atomic mass is 10.1. The second-order valence-corrected chi connectivity index (χ2v) is 6.09. The normalized spacial score (nSPS) is 11.5. The molecule has 0 fully saturated rings. The third-order valence-electron chi connectivity index (χ3n) is 3.90. The van der Waals surface area contributed by atoms with Crippen LogP contribution < -0.4 is 10.6 Å². The Hall–Kier alpha value is -2.67. The van der Waals surface area contributed by atoms with Crippen LogP contribution in [0.25, 0.3) is 10.9 Å². The first-order valence-corrected chi connectivity index (χ1v) is 8.19. The van der Waals surface area contributed by atoms with E-state index in [1.807, 2.05) is 30.5 Å². The molecule has 8 heteroatoms. The van der Waals surface area contributed by atoms with Crippen molar-refractivity contribution in [2.75, 3.05) is 11.9 Å². The predicted molar refractivity (Wildman–Crippen MR) is 95.5 cm³/mol. The lowest BCUT2D eigenvalue weighted by Crippen LogP contribution is -2.30. The number of aromatic nitrogens is 1. The number of carbonyl (C=O) groups is 1. The van der Waals surface area contributed by atoms with E-state index in [1.54, 1.807) is 0 Å². The molecule has 0 aliphatic carbocycles. The highest BCUT2D eigenvalue weighted by molar-refractivity contribution is 6.33. The van der Waals surface area contributed by atoms with Gasteiger partial charge in [-0.3, -0.25) is 0 Å². The molecule has 1 heterocycles. The molecule has 0 saturated heterocycles. The van der Waals surface area contributed by atoms with Crippen LogP contribution in [0.3, 0.4) is 0 Å². The predicted octanol–water partition coefficient (Wildman–Crippen LogP) is 5.20. The van der Waals surface area contributed by atoms with E-state index in [0.717, 1.165) is 34.7 Å². The van der Waals surface area contributed by atoms with Crippen molar-refractivity contribution >= 4 is 34.2 Å². The number of para-hydroxylation sites is 1.